The van der Waals surface area contributed by atoms with Crippen LogP contribution in [0.2, 0.25) is 0 Å². The molecule has 18 heavy (non-hydrogen) atoms. The number of hydrogen-bond donors (Lipinski definition) is 1. The van der Waals surface area contributed by atoms with E-state index < -0.39 is 0 Å². The Morgan fingerprint density at radius 3 is 2.44 bits per heavy atom. The summed E-state index contributed by atoms with van der Waals surface area (Å²) in [5, 5.41) is 3.50. The van der Waals surface area contributed by atoms with Gasteiger partial charge in [-0.15, -0.1) is 0 Å². The van der Waals surface area contributed by atoms with Gasteiger partial charge in [0.2, 0.25) is 0 Å². The SMILES string of the molecule is CCC(CC)c1ccc(CC2CCCNC2)cc1. The summed E-state index contributed by atoms with van der Waals surface area (Å²) in [5.41, 5.74) is 3.03. The van der Waals surface area contributed by atoms with Gasteiger partial charge < -0.3 is 5.32 Å². The Morgan fingerprint density at radius 1 is 1.17 bits per heavy atom. The maximum absolute atomic E-state index is 3.50. The van der Waals surface area contributed by atoms with E-state index in [0.29, 0.717) is 0 Å². The van der Waals surface area contributed by atoms with E-state index in [1.54, 1.807) is 0 Å². The smallest absolute Gasteiger partial charge is 0.00173 e. The maximum atomic E-state index is 3.50. The van der Waals surface area contributed by atoms with Gasteiger partial charge in [-0.1, -0.05) is 38.1 Å². The van der Waals surface area contributed by atoms with Gasteiger partial charge in [-0.3, -0.25) is 0 Å². The third-order valence-electron chi connectivity index (χ3n) is 4.36. The predicted octanol–water partition coefficient (Wildman–Crippen LogP) is 4.13. The molecule has 1 aromatic rings. The number of nitrogens with one attached hydrogen (secondary N) is 1. The van der Waals surface area contributed by atoms with E-state index in [9.17, 15) is 0 Å². The molecule has 0 saturated carbocycles. The topological polar surface area (TPSA) is 12.0 Å². The van der Waals surface area contributed by atoms with Crippen LogP contribution < -0.4 is 5.32 Å². The van der Waals surface area contributed by atoms with E-state index in [0.717, 1.165) is 11.8 Å². The highest BCUT2D eigenvalue weighted by atomic mass is 14.9. The van der Waals surface area contributed by atoms with Gasteiger partial charge in [-0.2, -0.15) is 0 Å². The number of rotatable bonds is 5. The molecule has 0 aliphatic carbocycles. The van der Waals surface area contributed by atoms with Gasteiger partial charge in [0.15, 0.2) is 0 Å². The van der Waals surface area contributed by atoms with Gasteiger partial charge in [0.25, 0.3) is 0 Å². The maximum Gasteiger partial charge on any atom is -0.00173 e. The van der Waals surface area contributed by atoms with Crippen molar-refractivity contribution in [2.75, 3.05) is 13.1 Å². The summed E-state index contributed by atoms with van der Waals surface area (Å²) in [7, 11) is 0. The molecule has 1 heterocycles. The summed E-state index contributed by atoms with van der Waals surface area (Å²) in [6.07, 6.45) is 6.48. The Balaban J connectivity index is 1.94. The molecule has 1 aliphatic heterocycles. The van der Waals surface area contributed by atoms with E-state index in [1.807, 2.05) is 0 Å². The molecule has 1 N–H and O–H groups in total. The highest BCUT2D eigenvalue weighted by Gasteiger charge is 2.13. The molecule has 1 saturated heterocycles. The Kier molecular flexibility index (Phi) is 5.25. The van der Waals surface area contributed by atoms with E-state index in [4.69, 9.17) is 0 Å². The number of piperidine rings is 1. The van der Waals surface area contributed by atoms with Crippen LogP contribution in [0.3, 0.4) is 0 Å². The molecule has 100 valence electrons. The van der Waals surface area contributed by atoms with E-state index in [1.165, 1.54) is 56.3 Å². The minimum atomic E-state index is 0.746. The molecule has 1 heteroatoms. The Morgan fingerprint density at radius 2 is 1.89 bits per heavy atom. The predicted molar refractivity (Wildman–Crippen MR) is 79.1 cm³/mol. The molecule has 1 nitrogen and oxygen atoms in total. The molecule has 1 fully saturated rings. The van der Waals surface area contributed by atoms with Crippen molar-refractivity contribution in [3.63, 3.8) is 0 Å². The summed E-state index contributed by atoms with van der Waals surface area (Å²) in [6, 6.07) is 9.40. The fourth-order valence-electron chi connectivity index (χ4n) is 3.12. The molecular weight excluding hydrogens is 218 g/mol. The van der Waals surface area contributed by atoms with Crippen molar-refractivity contribution >= 4 is 0 Å². The van der Waals surface area contributed by atoms with Crippen LogP contribution in [-0.4, -0.2) is 13.1 Å². The summed E-state index contributed by atoms with van der Waals surface area (Å²) in [5.74, 6) is 1.59. The first-order valence-corrected chi connectivity index (χ1v) is 7.63. The fraction of sp³-hybridized carbons (Fsp3) is 0.647. The van der Waals surface area contributed by atoms with Crippen LogP contribution in [0.1, 0.15) is 56.6 Å². The third-order valence-corrected chi connectivity index (χ3v) is 4.36. The van der Waals surface area contributed by atoms with Crippen LogP contribution in [0.4, 0.5) is 0 Å². The zero-order valence-electron chi connectivity index (χ0n) is 11.9. The molecule has 0 radical (unpaired) electrons. The van der Waals surface area contributed by atoms with Gasteiger partial charge in [-0.25, -0.2) is 0 Å². The summed E-state index contributed by atoms with van der Waals surface area (Å²) in [4.78, 5) is 0. The summed E-state index contributed by atoms with van der Waals surface area (Å²) in [6.45, 7) is 6.99. The second kappa shape index (κ2) is 6.94. The largest absolute Gasteiger partial charge is 0.316 e. The van der Waals surface area contributed by atoms with Gasteiger partial charge in [0, 0.05) is 0 Å². The lowest BCUT2D eigenvalue weighted by Gasteiger charge is -2.23. The quantitative estimate of drug-likeness (QED) is 0.822. The van der Waals surface area contributed by atoms with E-state index in [2.05, 4.69) is 43.4 Å². The second-order valence-electron chi connectivity index (χ2n) is 5.67. The van der Waals surface area contributed by atoms with Crippen molar-refractivity contribution < 1.29 is 0 Å². The van der Waals surface area contributed by atoms with Crippen molar-refractivity contribution in [3.05, 3.63) is 35.4 Å². The Hall–Kier alpha value is -0.820. The molecule has 0 amide bonds. The van der Waals surface area contributed by atoms with Crippen molar-refractivity contribution in [2.24, 2.45) is 5.92 Å². The molecule has 1 atom stereocenters. The average molecular weight is 245 g/mol. The van der Waals surface area contributed by atoms with Crippen LogP contribution in [0.15, 0.2) is 24.3 Å². The molecule has 1 aliphatic rings. The van der Waals surface area contributed by atoms with Crippen molar-refractivity contribution in [1.29, 1.82) is 0 Å². The Bertz CT molecular complexity index is 331. The first-order chi connectivity index (χ1) is 8.83. The fourth-order valence-corrected chi connectivity index (χ4v) is 3.12. The first-order valence-electron chi connectivity index (χ1n) is 7.63. The van der Waals surface area contributed by atoms with Crippen molar-refractivity contribution in [2.45, 2.75) is 51.9 Å². The normalized spacial score (nSPS) is 20.3. The molecule has 1 unspecified atom stereocenters. The van der Waals surface area contributed by atoms with Crippen LogP contribution >= 0.6 is 0 Å². The highest BCUT2D eigenvalue weighted by molar-refractivity contribution is 5.25. The van der Waals surface area contributed by atoms with Crippen LogP contribution in [0.25, 0.3) is 0 Å². The lowest BCUT2D eigenvalue weighted by molar-refractivity contribution is 0.376. The van der Waals surface area contributed by atoms with E-state index >= 15 is 0 Å². The van der Waals surface area contributed by atoms with Gasteiger partial charge in [-0.05, 0) is 68.2 Å². The first kappa shape index (κ1) is 13.6. The molecule has 0 spiro atoms. The van der Waals surface area contributed by atoms with Crippen molar-refractivity contribution in [3.8, 4) is 0 Å². The van der Waals surface area contributed by atoms with E-state index in [-0.39, 0.29) is 0 Å². The molecule has 1 aromatic carbocycles. The van der Waals surface area contributed by atoms with Gasteiger partial charge >= 0.3 is 0 Å². The minimum absolute atomic E-state index is 0.746. The molecule has 0 bridgehead atoms. The zero-order valence-corrected chi connectivity index (χ0v) is 11.9. The highest BCUT2D eigenvalue weighted by Crippen LogP contribution is 2.24. The zero-order chi connectivity index (χ0) is 12.8. The average Bonchev–Trinajstić information content (AvgIpc) is 2.43. The van der Waals surface area contributed by atoms with Gasteiger partial charge in [0.05, 0.1) is 0 Å². The standard InChI is InChI=1S/C17H27N/c1-3-16(4-2)17-9-7-14(8-10-17)12-15-6-5-11-18-13-15/h7-10,15-16,18H,3-6,11-13H2,1-2H3. The van der Waals surface area contributed by atoms with Crippen LogP contribution in [-0.2, 0) is 6.42 Å². The van der Waals surface area contributed by atoms with Crippen molar-refractivity contribution in [1.82, 2.24) is 5.32 Å². The Labute approximate surface area is 112 Å². The third kappa shape index (κ3) is 3.58. The van der Waals surface area contributed by atoms with Crippen LogP contribution in [0, 0.1) is 5.92 Å². The van der Waals surface area contributed by atoms with Gasteiger partial charge in [0.1, 0.15) is 0 Å². The van der Waals surface area contributed by atoms with Crippen LogP contribution in [0.5, 0.6) is 0 Å². The lowest BCUT2D eigenvalue weighted by atomic mass is 9.89. The molecular formula is C17H27N. The molecule has 0 aromatic heterocycles. The minimum Gasteiger partial charge on any atom is -0.316 e. The second-order valence-corrected chi connectivity index (χ2v) is 5.67. The summed E-state index contributed by atoms with van der Waals surface area (Å²) < 4.78 is 0. The number of hydrogen-bond acceptors (Lipinski definition) is 1. The summed E-state index contributed by atoms with van der Waals surface area (Å²) >= 11 is 0. The molecule has 2 rings (SSSR count). The monoisotopic (exact) mass is 245 g/mol. The lowest BCUT2D eigenvalue weighted by Crippen LogP contribution is -2.30. The number of benzene rings is 1.